The Balaban J connectivity index is 1.80. The molecule has 11 heteroatoms. The number of carboxylic acid groups (broad SMARTS) is 1. The highest BCUT2D eigenvalue weighted by molar-refractivity contribution is 7.80. The maximum Gasteiger partial charge on any atom is 0.326 e. The van der Waals surface area contributed by atoms with Gasteiger partial charge in [0.05, 0.1) is 6.04 Å². The Hall–Kier alpha value is -2.79. The number of benzene rings is 1. The second kappa shape index (κ2) is 10.9. The van der Waals surface area contributed by atoms with Crippen molar-refractivity contribution in [1.82, 2.24) is 15.1 Å². The van der Waals surface area contributed by atoms with Gasteiger partial charge in [-0.3, -0.25) is 14.4 Å². The molecule has 4 unspecified atom stereocenters. The molecule has 1 aromatic carbocycles. The number of aromatic hydroxyl groups is 1. The molecule has 2 fully saturated rings. The van der Waals surface area contributed by atoms with Gasteiger partial charge in [0.25, 0.3) is 0 Å². The van der Waals surface area contributed by atoms with Gasteiger partial charge in [-0.1, -0.05) is 12.1 Å². The van der Waals surface area contributed by atoms with Crippen LogP contribution in [0.4, 0.5) is 0 Å². The maximum absolute atomic E-state index is 13.3. The molecule has 180 valence electrons. The molecule has 3 rings (SSSR count). The van der Waals surface area contributed by atoms with E-state index < -0.39 is 42.0 Å². The Labute approximate surface area is 197 Å². The van der Waals surface area contributed by atoms with E-state index in [-0.39, 0.29) is 23.8 Å². The summed E-state index contributed by atoms with van der Waals surface area (Å²) < 4.78 is 0. The molecule has 4 atom stereocenters. The standard InChI is InChI=1S/C22H30N4O6S/c23-15(12-33)20(29)25-9-1-3-17(25)19(28)24-16(11-13-5-7-14(27)8-6-13)21(30)26-10-2-4-18(26)22(31)32/h5-8,15-18,27,33H,1-4,9-12,23H2,(H,24,28)(H,31,32). The van der Waals surface area contributed by atoms with Crippen molar-refractivity contribution in [3.8, 4) is 5.75 Å². The Bertz CT molecular complexity index is 895. The molecule has 5 N–H and O–H groups in total. The molecule has 1 aromatic rings. The molecule has 2 aliphatic heterocycles. The van der Waals surface area contributed by atoms with Crippen LogP contribution in [0.15, 0.2) is 24.3 Å². The third-order valence-electron chi connectivity index (χ3n) is 6.16. The number of nitrogens with zero attached hydrogens (tertiary/aromatic N) is 2. The summed E-state index contributed by atoms with van der Waals surface area (Å²) in [4.78, 5) is 53.4. The molecule has 2 aliphatic rings. The van der Waals surface area contributed by atoms with Crippen LogP contribution in [0.2, 0.25) is 0 Å². The molecule has 0 spiro atoms. The SMILES string of the molecule is NC(CS)C(=O)N1CCCC1C(=O)NC(Cc1ccc(O)cc1)C(=O)N1CCCC1C(=O)O. The van der Waals surface area contributed by atoms with Crippen molar-refractivity contribution in [3.63, 3.8) is 0 Å². The Morgan fingerprint density at radius 1 is 1.03 bits per heavy atom. The molecule has 2 heterocycles. The second-order valence-electron chi connectivity index (χ2n) is 8.44. The van der Waals surface area contributed by atoms with Gasteiger partial charge in [0.15, 0.2) is 0 Å². The first-order chi connectivity index (χ1) is 15.7. The molecule has 0 aromatic heterocycles. The van der Waals surface area contributed by atoms with Gasteiger partial charge in [0.2, 0.25) is 17.7 Å². The first kappa shape index (κ1) is 24.8. The first-order valence-corrected chi connectivity index (χ1v) is 11.6. The van der Waals surface area contributed by atoms with Crippen LogP contribution in [-0.4, -0.2) is 86.7 Å². The lowest BCUT2D eigenvalue weighted by Crippen LogP contribution is -2.57. The molecule has 10 nitrogen and oxygen atoms in total. The van der Waals surface area contributed by atoms with Crippen molar-refractivity contribution in [2.24, 2.45) is 5.73 Å². The van der Waals surface area contributed by atoms with Crippen molar-refractivity contribution in [2.75, 3.05) is 18.8 Å². The van der Waals surface area contributed by atoms with E-state index in [9.17, 15) is 29.4 Å². The Morgan fingerprint density at radius 2 is 1.61 bits per heavy atom. The van der Waals surface area contributed by atoms with Crippen LogP contribution < -0.4 is 11.1 Å². The van der Waals surface area contributed by atoms with Crippen LogP contribution >= 0.6 is 12.6 Å². The second-order valence-corrected chi connectivity index (χ2v) is 8.80. The molecule has 3 amide bonds. The molecule has 2 saturated heterocycles. The average Bonchev–Trinajstić information content (AvgIpc) is 3.48. The van der Waals surface area contributed by atoms with Crippen LogP contribution in [0, 0.1) is 0 Å². The normalized spacial score (nSPS) is 22.1. The largest absolute Gasteiger partial charge is 0.508 e. The first-order valence-electron chi connectivity index (χ1n) is 11.0. The summed E-state index contributed by atoms with van der Waals surface area (Å²) in [5, 5.41) is 21.8. The van der Waals surface area contributed by atoms with Gasteiger partial charge in [-0.25, -0.2) is 4.79 Å². The van der Waals surface area contributed by atoms with Crippen LogP contribution in [0.1, 0.15) is 31.2 Å². The van der Waals surface area contributed by atoms with Gasteiger partial charge < -0.3 is 31.1 Å². The van der Waals surface area contributed by atoms with Crippen LogP contribution in [0.5, 0.6) is 5.75 Å². The number of likely N-dealkylation sites (tertiary alicyclic amines) is 2. The number of amides is 3. The minimum atomic E-state index is -1.08. The molecule has 33 heavy (non-hydrogen) atoms. The fourth-order valence-corrected chi connectivity index (χ4v) is 4.57. The van der Waals surface area contributed by atoms with Crippen LogP contribution in [-0.2, 0) is 25.6 Å². The minimum absolute atomic E-state index is 0.0665. The third-order valence-corrected chi connectivity index (χ3v) is 6.56. The van der Waals surface area contributed by atoms with Crippen molar-refractivity contribution in [3.05, 3.63) is 29.8 Å². The number of thiol groups is 1. The lowest BCUT2D eigenvalue weighted by atomic mass is 10.0. The third kappa shape index (κ3) is 5.77. The number of nitrogens with two attached hydrogens (primary N) is 1. The van der Waals surface area contributed by atoms with Crippen LogP contribution in [0.25, 0.3) is 0 Å². The summed E-state index contributed by atoms with van der Waals surface area (Å²) in [6.45, 7) is 0.685. The number of nitrogens with one attached hydrogen (secondary N) is 1. The highest BCUT2D eigenvalue weighted by Gasteiger charge is 2.40. The maximum atomic E-state index is 13.3. The van der Waals surface area contributed by atoms with Gasteiger partial charge in [0.1, 0.15) is 23.9 Å². The zero-order chi connectivity index (χ0) is 24.1. The van der Waals surface area contributed by atoms with Crippen molar-refractivity contribution in [2.45, 2.75) is 56.3 Å². The van der Waals surface area contributed by atoms with Gasteiger partial charge in [0, 0.05) is 25.3 Å². The van der Waals surface area contributed by atoms with Gasteiger partial charge in [-0.05, 0) is 43.4 Å². The predicted octanol–water partition coefficient (Wildman–Crippen LogP) is -0.257. The van der Waals surface area contributed by atoms with E-state index >= 15 is 0 Å². The molecular formula is C22H30N4O6S. The van der Waals surface area contributed by atoms with E-state index in [2.05, 4.69) is 17.9 Å². The lowest BCUT2D eigenvalue weighted by Gasteiger charge is -2.30. The molecular weight excluding hydrogens is 448 g/mol. The van der Waals surface area contributed by atoms with Crippen molar-refractivity contribution >= 4 is 36.3 Å². The monoisotopic (exact) mass is 478 g/mol. The summed E-state index contributed by atoms with van der Waals surface area (Å²) in [7, 11) is 0. The van der Waals surface area contributed by atoms with Crippen molar-refractivity contribution < 1.29 is 29.4 Å². The Morgan fingerprint density at radius 3 is 2.18 bits per heavy atom. The fourth-order valence-electron chi connectivity index (χ4n) is 4.42. The number of carboxylic acids is 1. The van der Waals surface area contributed by atoms with E-state index in [1.807, 2.05) is 0 Å². The minimum Gasteiger partial charge on any atom is -0.508 e. The molecule has 0 radical (unpaired) electrons. The van der Waals surface area contributed by atoms with E-state index in [1.165, 1.54) is 21.9 Å². The van der Waals surface area contributed by atoms with E-state index in [1.54, 1.807) is 12.1 Å². The topological polar surface area (TPSA) is 153 Å². The number of carbonyl (C=O) groups is 4. The van der Waals surface area contributed by atoms with Crippen molar-refractivity contribution in [1.29, 1.82) is 0 Å². The lowest BCUT2D eigenvalue weighted by molar-refractivity contribution is -0.149. The quantitative estimate of drug-likeness (QED) is 0.323. The average molecular weight is 479 g/mol. The fraction of sp³-hybridized carbons (Fsp3) is 0.545. The van der Waals surface area contributed by atoms with E-state index in [4.69, 9.17) is 5.73 Å². The smallest absolute Gasteiger partial charge is 0.326 e. The summed E-state index contributed by atoms with van der Waals surface area (Å²) in [5.74, 6) is -2.19. The van der Waals surface area contributed by atoms with Crippen LogP contribution in [0.3, 0.4) is 0 Å². The number of aliphatic carboxylic acids is 1. The molecule has 0 bridgehead atoms. The number of phenolic OH excluding ortho intramolecular Hbond substituents is 1. The number of hydrogen-bond donors (Lipinski definition) is 5. The summed E-state index contributed by atoms with van der Waals surface area (Å²) in [6.07, 6.45) is 2.11. The molecule has 0 aliphatic carbocycles. The number of phenols is 1. The van der Waals surface area contributed by atoms with Gasteiger partial charge in [-0.2, -0.15) is 12.6 Å². The summed E-state index contributed by atoms with van der Waals surface area (Å²) in [6, 6.07) is 2.70. The number of hydrogen-bond acceptors (Lipinski definition) is 7. The van der Waals surface area contributed by atoms with Gasteiger partial charge >= 0.3 is 5.97 Å². The summed E-state index contributed by atoms with van der Waals surface area (Å²) >= 11 is 4.06. The highest BCUT2D eigenvalue weighted by atomic mass is 32.1. The predicted molar refractivity (Wildman–Crippen MR) is 123 cm³/mol. The number of carbonyl (C=O) groups excluding carboxylic acids is 3. The van der Waals surface area contributed by atoms with E-state index in [0.29, 0.717) is 44.3 Å². The Kier molecular flexibility index (Phi) is 8.20. The molecule has 0 saturated carbocycles. The zero-order valence-electron chi connectivity index (χ0n) is 18.2. The van der Waals surface area contributed by atoms with E-state index in [0.717, 1.165) is 0 Å². The highest BCUT2D eigenvalue weighted by Crippen LogP contribution is 2.22. The van der Waals surface area contributed by atoms with Gasteiger partial charge in [-0.15, -0.1) is 0 Å². The summed E-state index contributed by atoms with van der Waals surface area (Å²) in [5.41, 5.74) is 6.50. The zero-order valence-corrected chi connectivity index (χ0v) is 19.1. The number of rotatable bonds is 8.